The van der Waals surface area contributed by atoms with Crippen LogP contribution in [0.2, 0.25) is 0 Å². The number of benzene rings is 1. The number of hydrogen-bond donors (Lipinski definition) is 0. The van der Waals surface area contributed by atoms with Crippen LogP contribution in [0.25, 0.3) is 0 Å². The number of pyridine rings is 1. The van der Waals surface area contributed by atoms with Crippen LogP contribution in [0.1, 0.15) is 5.56 Å². The van der Waals surface area contributed by atoms with Crippen molar-refractivity contribution < 1.29 is 0 Å². The minimum Gasteiger partial charge on any atom is -0.311 e. The molecular weight excluding hydrogens is 301 g/mol. The first-order chi connectivity index (χ1) is 7.27. The molecule has 0 fully saturated rings. The molecule has 0 amide bonds. The van der Waals surface area contributed by atoms with Crippen molar-refractivity contribution in [3.05, 3.63) is 68.1 Å². The lowest BCUT2D eigenvalue weighted by molar-refractivity contribution is 0.756. The van der Waals surface area contributed by atoms with E-state index in [1.54, 1.807) is 16.7 Å². The molecule has 0 unspecified atom stereocenters. The Morgan fingerprint density at radius 1 is 1.07 bits per heavy atom. The van der Waals surface area contributed by atoms with E-state index in [4.69, 9.17) is 0 Å². The molecule has 0 saturated heterocycles. The minimum absolute atomic E-state index is 0.0390. The summed E-state index contributed by atoms with van der Waals surface area (Å²) >= 11 is 2.28. The van der Waals surface area contributed by atoms with Crippen molar-refractivity contribution in [2.75, 3.05) is 0 Å². The Hall–Kier alpha value is -1.10. The monoisotopic (exact) mass is 311 g/mol. The van der Waals surface area contributed by atoms with E-state index in [0.717, 1.165) is 0 Å². The minimum atomic E-state index is 0.0390. The lowest BCUT2D eigenvalue weighted by Gasteiger charge is -2.06. The molecule has 1 aromatic heterocycles. The van der Waals surface area contributed by atoms with Gasteiger partial charge in [0.05, 0.1) is 6.54 Å². The molecule has 3 heteroatoms. The van der Waals surface area contributed by atoms with E-state index in [-0.39, 0.29) is 5.56 Å². The quantitative estimate of drug-likeness (QED) is 0.781. The third-order valence-electron chi connectivity index (χ3n) is 2.20. The summed E-state index contributed by atoms with van der Waals surface area (Å²) < 4.78 is 2.89. The van der Waals surface area contributed by atoms with Gasteiger partial charge in [-0.3, -0.25) is 4.79 Å². The maximum absolute atomic E-state index is 11.5. The van der Waals surface area contributed by atoms with E-state index in [1.165, 1.54) is 9.13 Å². The van der Waals surface area contributed by atoms with Crippen molar-refractivity contribution in [2.24, 2.45) is 0 Å². The standard InChI is InChI=1S/C12H10INO/c13-11-6-2-1-5-10(11)9-14-8-4-3-7-12(14)15/h1-8H,9H2. The van der Waals surface area contributed by atoms with Crippen LogP contribution in [0.15, 0.2) is 53.5 Å². The highest BCUT2D eigenvalue weighted by Gasteiger charge is 1.99. The van der Waals surface area contributed by atoms with Crippen molar-refractivity contribution in [2.45, 2.75) is 6.54 Å². The van der Waals surface area contributed by atoms with Crippen molar-refractivity contribution in [3.63, 3.8) is 0 Å². The smallest absolute Gasteiger partial charge is 0.250 e. The third kappa shape index (κ3) is 2.47. The van der Waals surface area contributed by atoms with Gasteiger partial charge in [0.1, 0.15) is 0 Å². The highest BCUT2D eigenvalue weighted by atomic mass is 127. The van der Waals surface area contributed by atoms with Crippen LogP contribution in [-0.4, -0.2) is 4.57 Å². The molecule has 2 aromatic rings. The number of halogens is 1. The first kappa shape index (κ1) is 10.4. The van der Waals surface area contributed by atoms with Gasteiger partial charge in [0.15, 0.2) is 0 Å². The van der Waals surface area contributed by atoms with Gasteiger partial charge in [0, 0.05) is 15.8 Å². The summed E-state index contributed by atoms with van der Waals surface area (Å²) in [4.78, 5) is 11.5. The zero-order valence-electron chi connectivity index (χ0n) is 8.06. The summed E-state index contributed by atoms with van der Waals surface area (Å²) in [5.41, 5.74) is 1.21. The molecule has 1 heterocycles. The van der Waals surface area contributed by atoms with Crippen LogP contribution in [0, 0.1) is 3.57 Å². The first-order valence-electron chi connectivity index (χ1n) is 4.66. The molecule has 0 aliphatic heterocycles. The summed E-state index contributed by atoms with van der Waals surface area (Å²) in [6, 6.07) is 13.3. The highest BCUT2D eigenvalue weighted by Crippen LogP contribution is 2.11. The van der Waals surface area contributed by atoms with E-state index < -0.39 is 0 Å². The zero-order valence-corrected chi connectivity index (χ0v) is 10.2. The number of hydrogen-bond acceptors (Lipinski definition) is 1. The Morgan fingerprint density at radius 2 is 1.80 bits per heavy atom. The van der Waals surface area contributed by atoms with Crippen LogP contribution >= 0.6 is 22.6 Å². The number of nitrogens with zero attached hydrogens (tertiary/aromatic N) is 1. The van der Waals surface area contributed by atoms with Gasteiger partial charge < -0.3 is 4.57 Å². The average Bonchev–Trinajstić information content (AvgIpc) is 2.24. The molecule has 2 nitrogen and oxygen atoms in total. The van der Waals surface area contributed by atoms with Gasteiger partial charge in [-0.1, -0.05) is 24.3 Å². The number of aromatic nitrogens is 1. The van der Waals surface area contributed by atoms with Crippen LogP contribution < -0.4 is 5.56 Å². The van der Waals surface area contributed by atoms with Gasteiger partial charge in [0.2, 0.25) is 0 Å². The molecule has 15 heavy (non-hydrogen) atoms. The van der Waals surface area contributed by atoms with E-state index in [9.17, 15) is 4.79 Å². The normalized spacial score (nSPS) is 10.2. The van der Waals surface area contributed by atoms with E-state index >= 15 is 0 Å². The van der Waals surface area contributed by atoms with Gasteiger partial charge in [-0.15, -0.1) is 0 Å². The van der Waals surface area contributed by atoms with Gasteiger partial charge >= 0.3 is 0 Å². The third-order valence-corrected chi connectivity index (χ3v) is 3.25. The Bertz CT molecular complexity index is 519. The summed E-state index contributed by atoms with van der Waals surface area (Å²) in [5.74, 6) is 0. The molecule has 0 aliphatic carbocycles. The molecule has 1 aromatic carbocycles. The average molecular weight is 311 g/mol. The lowest BCUT2D eigenvalue weighted by Crippen LogP contribution is -2.18. The molecule has 76 valence electrons. The topological polar surface area (TPSA) is 22.0 Å². The zero-order chi connectivity index (χ0) is 10.7. The molecule has 0 atom stereocenters. The second kappa shape index (κ2) is 4.61. The Kier molecular flexibility index (Phi) is 3.20. The summed E-state index contributed by atoms with van der Waals surface area (Å²) in [7, 11) is 0. The SMILES string of the molecule is O=c1ccccn1Cc1ccccc1I. The second-order valence-electron chi connectivity index (χ2n) is 3.26. The van der Waals surface area contributed by atoms with E-state index in [2.05, 4.69) is 22.6 Å². The summed E-state index contributed by atoms with van der Waals surface area (Å²) in [5, 5.41) is 0. The first-order valence-corrected chi connectivity index (χ1v) is 5.74. The van der Waals surface area contributed by atoms with Gasteiger partial charge in [-0.05, 0) is 40.3 Å². The predicted molar refractivity (Wildman–Crippen MR) is 69.0 cm³/mol. The molecule has 0 bridgehead atoms. The predicted octanol–water partition coefficient (Wildman–Crippen LogP) is 2.50. The summed E-state index contributed by atoms with van der Waals surface area (Å²) in [6.07, 6.45) is 1.81. The van der Waals surface area contributed by atoms with Crippen molar-refractivity contribution >= 4 is 22.6 Å². The van der Waals surface area contributed by atoms with Gasteiger partial charge in [-0.2, -0.15) is 0 Å². The van der Waals surface area contributed by atoms with Crippen molar-refractivity contribution in [1.29, 1.82) is 0 Å². The fraction of sp³-hybridized carbons (Fsp3) is 0.0833. The Labute approximate surface area is 102 Å². The van der Waals surface area contributed by atoms with Crippen LogP contribution in [0.3, 0.4) is 0 Å². The maximum atomic E-state index is 11.5. The van der Waals surface area contributed by atoms with Crippen LogP contribution in [-0.2, 0) is 6.54 Å². The van der Waals surface area contributed by atoms with Gasteiger partial charge in [0.25, 0.3) is 5.56 Å². The maximum Gasteiger partial charge on any atom is 0.250 e. The Balaban J connectivity index is 2.34. The van der Waals surface area contributed by atoms with Crippen LogP contribution in [0.5, 0.6) is 0 Å². The molecular formula is C12H10INO. The highest BCUT2D eigenvalue weighted by molar-refractivity contribution is 14.1. The molecule has 0 N–H and O–H groups in total. The van der Waals surface area contributed by atoms with E-state index in [0.29, 0.717) is 6.54 Å². The molecule has 0 radical (unpaired) electrons. The number of rotatable bonds is 2. The largest absolute Gasteiger partial charge is 0.311 e. The molecule has 0 spiro atoms. The molecule has 0 aliphatic rings. The molecule has 2 rings (SSSR count). The summed E-state index contributed by atoms with van der Waals surface area (Å²) in [6.45, 7) is 0.638. The fourth-order valence-corrected chi connectivity index (χ4v) is 1.96. The van der Waals surface area contributed by atoms with Gasteiger partial charge in [-0.25, -0.2) is 0 Å². The Morgan fingerprint density at radius 3 is 2.53 bits per heavy atom. The van der Waals surface area contributed by atoms with Crippen molar-refractivity contribution in [1.82, 2.24) is 4.57 Å². The van der Waals surface area contributed by atoms with Crippen molar-refractivity contribution in [3.8, 4) is 0 Å². The fourth-order valence-electron chi connectivity index (χ4n) is 1.40. The van der Waals surface area contributed by atoms with Crippen LogP contribution in [0.4, 0.5) is 0 Å². The van der Waals surface area contributed by atoms with E-state index in [1.807, 2.05) is 36.5 Å². The second-order valence-corrected chi connectivity index (χ2v) is 4.42. The molecule has 0 saturated carbocycles. The lowest BCUT2D eigenvalue weighted by atomic mass is 10.2.